The smallest absolute Gasteiger partial charge is 0.185 e. The van der Waals surface area contributed by atoms with Crippen LogP contribution in [-0.2, 0) is 0 Å². The number of carbonyl (C=O) groups excluding carboxylic acids is 1. The van der Waals surface area contributed by atoms with Gasteiger partial charge >= 0.3 is 0 Å². The third-order valence-corrected chi connectivity index (χ3v) is 5.13. The fraction of sp³-hybridized carbons (Fsp3) is 0.714. The van der Waals surface area contributed by atoms with Crippen molar-refractivity contribution in [3.63, 3.8) is 0 Å². The highest BCUT2D eigenvalue weighted by Gasteiger charge is 2.44. The minimum absolute atomic E-state index is 0.230. The average Bonchev–Trinajstić information content (AvgIpc) is 3.01. The van der Waals surface area contributed by atoms with Crippen molar-refractivity contribution in [2.24, 2.45) is 17.8 Å². The number of halogens is 1. The number of aromatic nitrogens is 2. The van der Waals surface area contributed by atoms with E-state index in [1.165, 1.54) is 19.3 Å². The zero-order valence-corrected chi connectivity index (χ0v) is 12.5. The largest absolute Gasteiger partial charge is 0.292 e. The van der Waals surface area contributed by atoms with E-state index in [1.54, 1.807) is 6.20 Å². The van der Waals surface area contributed by atoms with E-state index in [2.05, 4.69) is 34.9 Å². The Morgan fingerprint density at radius 1 is 1.44 bits per heavy atom. The first-order valence-electron chi connectivity index (χ1n) is 6.85. The summed E-state index contributed by atoms with van der Waals surface area (Å²) in [6.07, 6.45) is 6.69. The van der Waals surface area contributed by atoms with Gasteiger partial charge in [-0.05, 0) is 60.9 Å². The van der Waals surface area contributed by atoms with Crippen molar-refractivity contribution in [3.05, 3.63) is 16.4 Å². The van der Waals surface area contributed by atoms with E-state index in [4.69, 9.17) is 0 Å². The summed E-state index contributed by atoms with van der Waals surface area (Å²) in [4.78, 5) is 12.8. The minimum atomic E-state index is 0.230. The van der Waals surface area contributed by atoms with Crippen molar-refractivity contribution in [1.29, 1.82) is 0 Å². The molecule has 3 unspecified atom stereocenters. The van der Waals surface area contributed by atoms with Crippen LogP contribution in [0.15, 0.2) is 10.7 Å². The number of nitrogens with zero attached hydrogens (tertiary/aromatic N) is 2. The summed E-state index contributed by atoms with van der Waals surface area (Å²) in [7, 11) is 0. The van der Waals surface area contributed by atoms with Crippen LogP contribution in [0.1, 0.15) is 56.1 Å². The van der Waals surface area contributed by atoms with Gasteiger partial charge in [0.15, 0.2) is 5.78 Å². The predicted molar refractivity (Wildman–Crippen MR) is 73.6 cm³/mol. The Bertz CT molecular complexity index is 480. The third kappa shape index (κ3) is 1.85. The maximum atomic E-state index is 12.8. The van der Waals surface area contributed by atoms with Gasteiger partial charge in [-0.15, -0.1) is 0 Å². The lowest BCUT2D eigenvalue weighted by atomic mass is 9.84. The Kier molecular flexibility index (Phi) is 3.08. The van der Waals surface area contributed by atoms with E-state index in [0.29, 0.717) is 11.7 Å². The molecule has 2 aliphatic rings. The average molecular weight is 311 g/mol. The highest BCUT2D eigenvalue weighted by atomic mass is 79.9. The SMILES string of the molecule is CC(C)n1ncc(Br)c1C(=O)C1CC2CCC1C2. The number of Topliss-reactive ketones (excluding diaryl/α,β-unsaturated/α-hetero) is 1. The molecular weight excluding hydrogens is 292 g/mol. The lowest BCUT2D eigenvalue weighted by molar-refractivity contribution is 0.0860. The van der Waals surface area contributed by atoms with Gasteiger partial charge in [0.2, 0.25) is 0 Å². The fourth-order valence-electron chi connectivity index (χ4n) is 3.70. The molecule has 1 aromatic rings. The second kappa shape index (κ2) is 4.48. The molecular formula is C14H19BrN2O. The van der Waals surface area contributed by atoms with Gasteiger partial charge in [0.25, 0.3) is 0 Å². The molecule has 0 amide bonds. The topological polar surface area (TPSA) is 34.9 Å². The Morgan fingerprint density at radius 3 is 2.78 bits per heavy atom. The van der Waals surface area contributed by atoms with Gasteiger partial charge in [0.05, 0.1) is 10.7 Å². The highest BCUT2D eigenvalue weighted by Crippen LogP contribution is 2.49. The van der Waals surface area contributed by atoms with E-state index in [-0.39, 0.29) is 12.0 Å². The third-order valence-electron chi connectivity index (χ3n) is 4.55. The molecule has 0 spiro atoms. The van der Waals surface area contributed by atoms with E-state index in [0.717, 1.165) is 22.5 Å². The maximum Gasteiger partial charge on any atom is 0.185 e. The molecule has 3 rings (SSSR count). The van der Waals surface area contributed by atoms with E-state index < -0.39 is 0 Å². The molecule has 2 bridgehead atoms. The van der Waals surface area contributed by atoms with Crippen molar-refractivity contribution in [2.45, 2.75) is 45.6 Å². The minimum Gasteiger partial charge on any atom is -0.292 e. The first-order chi connectivity index (χ1) is 8.58. The second-order valence-electron chi connectivity index (χ2n) is 6.03. The summed E-state index contributed by atoms with van der Waals surface area (Å²) in [6.45, 7) is 4.13. The maximum absolute atomic E-state index is 12.8. The molecule has 4 heteroatoms. The van der Waals surface area contributed by atoms with Crippen LogP contribution in [0.4, 0.5) is 0 Å². The molecule has 2 saturated carbocycles. The Morgan fingerprint density at radius 2 is 2.22 bits per heavy atom. The van der Waals surface area contributed by atoms with Crippen LogP contribution >= 0.6 is 15.9 Å². The quantitative estimate of drug-likeness (QED) is 0.795. The molecule has 0 N–H and O–H groups in total. The van der Waals surface area contributed by atoms with Crippen molar-refractivity contribution >= 4 is 21.7 Å². The van der Waals surface area contributed by atoms with E-state index >= 15 is 0 Å². The van der Waals surface area contributed by atoms with Crippen molar-refractivity contribution < 1.29 is 4.79 Å². The Hall–Kier alpha value is -0.640. The van der Waals surface area contributed by atoms with Crippen molar-refractivity contribution in [3.8, 4) is 0 Å². The lowest BCUT2D eigenvalue weighted by Crippen LogP contribution is -2.24. The number of rotatable bonds is 3. The fourth-order valence-corrected chi connectivity index (χ4v) is 4.17. The molecule has 3 nitrogen and oxygen atoms in total. The Labute approximate surface area is 116 Å². The second-order valence-corrected chi connectivity index (χ2v) is 6.88. The summed E-state index contributed by atoms with van der Waals surface area (Å²) in [5, 5.41) is 4.32. The monoisotopic (exact) mass is 310 g/mol. The number of carbonyl (C=O) groups is 1. The Balaban J connectivity index is 1.91. The molecule has 98 valence electrons. The van der Waals surface area contributed by atoms with E-state index in [1.807, 2.05) is 4.68 Å². The molecule has 18 heavy (non-hydrogen) atoms. The molecule has 0 aliphatic heterocycles. The van der Waals surface area contributed by atoms with Crippen molar-refractivity contribution in [1.82, 2.24) is 9.78 Å². The summed E-state index contributed by atoms with van der Waals surface area (Å²) >= 11 is 3.48. The van der Waals surface area contributed by atoms with Crippen LogP contribution in [0.25, 0.3) is 0 Å². The first-order valence-corrected chi connectivity index (χ1v) is 7.64. The molecule has 1 heterocycles. The molecule has 1 aromatic heterocycles. The van der Waals surface area contributed by atoms with E-state index in [9.17, 15) is 4.79 Å². The molecule has 3 atom stereocenters. The van der Waals surface area contributed by atoms with Crippen molar-refractivity contribution in [2.75, 3.05) is 0 Å². The van der Waals surface area contributed by atoms with Crippen LogP contribution in [0, 0.1) is 17.8 Å². The number of ketones is 1. The van der Waals surface area contributed by atoms with Gasteiger partial charge in [-0.1, -0.05) is 6.42 Å². The molecule has 2 fully saturated rings. The van der Waals surface area contributed by atoms with Gasteiger partial charge in [-0.2, -0.15) is 5.10 Å². The summed E-state index contributed by atoms with van der Waals surface area (Å²) < 4.78 is 2.71. The normalized spacial score (nSPS) is 30.3. The summed E-state index contributed by atoms with van der Waals surface area (Å²) in [6, 6.07) is 0.230. The molecule has 0 saturated heterocycles. The highest BCUT2D eigenvalue weighted by molar-refractivity contribution is 9.10. The number of hydrogen-bond donors (Lipinski definition) is 0. The standard InChI is InChI=1S/C14H19BrN2O/c1-8(2)17-13(12(15)7-16-17)14(18)11-6-9-3-4-10(11)5-9/h7-11H,3-6H2,1-2H3. The zero-order chi connectivity index (χ0) is 12.9. The van der Waals surface area contributed by atoms with Gasteiger partial charge in [0, 0.05) is 12.0 Å². The van der Waals surface area contributed by atoms with Gasteiger partial charge in [-0.25, -0.2) is 0 Å². The molecule has 2 aliphatic carbocycles. The predicted octanol–water partition coefficient (Wildman–Crippen LogP) is 3.85. The molecule has 0 aromatic carbocycles. The van der Waals surface area contributed by atoms with Gasteiger partial charge < -0.3 is 0 Å². The summed E-state index contributed by atoms with van der Waals surface area (Å²) in [5.41, 5.74) is 0.780. The van der Waals surface area contributed by atoms with Crippen LogP contribution in [0.3, 0.4) is 0 Å². The van der Waals surface area contributed by atoms with Crippen LogP contribution in [0.5, 0.6) is 0 Å². The van der Waals surface area contributed by atoms with Crippen LogP contribution < -0.4 is 0 Å². The van der Waals surface area contributed by atoms with Gasteiger partial charge in [-0.3, -0.25) is 9.48 Å². The van der Waals surface area contributed by atoms with Crippen LogP contribution in [-0.4, -0.2) is 15.6 Å². The zero-order valence-electron chi connectivity index (χ0n) is 10.9. The first kappa shape index (κ1) is 12.4. The number of fused-ring (bicyclic) bond motifs is 2. The lowest BCUT2D eigenvalue weighted by Gasteiger charge is -2.21. The van der Waals surface area contributed by atoms with Gasteiger partial charge in [0.1, 0.15) is 5.69 Å². The summed E-state index contributed by atoms with van der Waals surface area (Å²) in [5.74, 6) is 1.98. The van der Waals surface area contributed by atoms with Crippen LogP contribution in [0.2, 0.25) is 0 Å². The molecule has 0 radical (unpaired) electrons. The number of hydrogen-bond acceptors (Lipinski definition) is 2.